The van der Waals surface area contributed by atoms with Crippen molar-refractivity contribution in [1.29, 1.82) is 0 Å². The van der Waals surface area contributed by atoms with E-state index >= 15 is 0 Å². The Balaban J connectivity index is 2.99. The minimum absolute atomic E-state index is 0.291. The number of thiocarbonyl (C=S) groups is 1. The van der Waals surface area contributed by atoms with E-state index in [2.05, 4.69) is 17.9 Å². The lowest BCUT2D eigenvalue weighted by Gasteiger charge is -2.02. The van der Waals surface area contributed by atoms with Gasteiger partial charge in [0.15, 0.2) is 0 Å². The Hall–Kier alpha value is -0.290. The molecule has 0 aliphatic rings. The molecule has 0 rings (SSSR count). The molecule has 0 saturated heterocycles. The summed E-state index contributed by atoms with van der Waals surface area (Å²) in [5, 5.41) is 11.3. The van der Waals surface area contributed by atoms with Gasteiger partial charge in [-0.05, 0) is 12.8 Å². The molecule has 0 bridgehead atoms. The van der Waals surface area contributed by atoms with Gasteiger partial charge in [-0.15, -0.1) is 12.6 Å². The maximum absolute atomic E-state index is 10.2. The van der Waals surface area contributed by atoms with E-state index in [1.807, 2.05) is 0 Å². The number of hydrogen-bond acceptors (Lipinski definition) is 2. The number of thiol groups is 1. The van der Waals surface area contributed by atoms with Crippen LogP contribution in [0.25, 0.3) is 0 Å². The maximum Gasteiger partial charge on any atom is 0.303 e. The lowest BCUT2D eigenvalue weighted by Crippen LogP contribution is -2.17. The summed E-state index contributed by atoms with van der Waals surface area (Å²) in [4.78, 5) is 10.2. The fraction of sp³-hybridized carbons (Fsp3) is 0.778. The number of carbonyl (C=O) groups is 1. The van der Waals surface area contributed by atoms with Crippen LogP contribution in [0.5, 0.6) is 0 Å². The zero-order valence-electron chi connectivity index (χ0n) is 8.16. The van der Waals surface area contributed by atoms with Crippen LogP contribution in [-0.4, -0.2) is 21.9 Å². The second kappa shape index (κ2) is 9.27. The fourth-order valence-corrected chi connectivity index (χ4v) is 1.34. The van der Waals surface area contributed by atoms with Crippen molar-refractivity contribution in [2.45, 2.75) is 38.5 Å². The van der Waals surface area contributed by atoms with Crippen LogP contribution >= 0.6 is 24.8 Å². The number of aliphatic carboxylic acids is 1. The maximum atomic E-state index is 10.2. The second-order valence-electron chi connectivity index (χ2n) is 3.14. The van der Waals surface area contributed by atoms with Gasteiger partial charge in [-0.2, -0.15) is 0 Å². The van der Waals surface area contributed by atoms with E-state index in [9.17, 15) is 4.79 Å². The molecule has 14 heavy (non-hydrogen) atoms. The average molecular weight is 235 g/mol. The highest BCUT2D eigenvalue weighted by Gasteiger charge is 1.96. The van der Waals surface area contributed by atoms with Crippen molar-refractivity contribution < 1.29 is 9.90 Å². The fourth-order valence-electron chi connectivity index (χ4n) is 1.13. The number of hydrogen-bond donors (Lipinski definition) is 3. The Bertz CT molecular complexity index is 166. The molecule has 0 aliphatic heterocycles. The first-order valence-electron chi connectivity index (χ1n) is 4.81. The lowest BCUT2D eigenvalue weighted by atomic mass is 10.1. The largest absolute Gasteiger partial charge is 0.481 e. The Morgan fingerprint density at radius 2 is 1.79 bits per heavy atom. The summed E-state index contributed by atoms with van der Waals surface area (Å²) in [5.74, 6) is -0.702. The predicted octanol–water partition coefficient (Wildman–Crippen LogP) is 2.22. The van der Waals surface area contributed by atoms with Gasteiger partial charge in [-0.3, -0.25) is 4.79 Å². The van der Waals surface area contributed by atoms with E-state index in [4.69, 9.17) is 17.3 Å². The summed E-state index contributed by atoms with van der Waals surface area (Å²) in [6, 6.07) is 0. The van der Waals surface area contributed by atoms with E-state index in [1.165, 1.54) is 0 Å². The van der Waals surface area contributed by atoms with Crippen LogP contribution < -0.4 is 5.32 Å². The van der Waals surface area contributed by atoms with Crippen molar-refractivity contribution in [3.63, 3.8) is 0 Å². The van der Waals surface area contributed by atoms with Crippen molar-refractivity contribution in [2.75, 3.05) is 6.54 Å². The normalized spacial score (nSPS) is 9.79. The van der Waals surface area contributed by atoms with Gasteiger partial charge in [0, 0.05) is 13.0 Å². The smallest absolute Gasteiger partial charge is 0.303 e. The molecule has 0 aliphatic carbocycles. The number of nitrogens with one attached hydrogen (secondary N) is 1. The quantitative estimate of drug-likeness (QED) is 0.343. The molecule has 0 aromatic rings. The average Bonchev–Trinajstić information content (AvgIpc) is 2.08. The molecular formula is C9H17NO2S2. The van der Waals surface area contributed by atoms with Crippen molar-refractivity contribution in [2.24, 2.45) is 0 Å². The molecule has 0 unspecified atom stereocenters. The first-order valence-corrected chi connectivity index (χ1v) is 5.67. The summed E-state index contributed by atoms with van der Waals surface area (Å²) < 4.78 is 0.538. The minimum atomic E-state index is -0.702. The van der Waals surface area contributed by atoms with Crippen LogP contribution in [-0.2, 0) is 4.79 Å². The highest BCUT2D eigenvalue weighted by molar-refractivity contribution is 8.11. The molecule has 2 N–H and O–H groups in total. The zero-order valence-corrected chi connectivity index (χ0v) is 9.87. The van der Waals surface area contributed by atoms with Crippen molar-refractivity contribution >= 4 is 35.1 Å². The number of carboxylic acid groups (broad SMARTS) is 1. The lowest BCUT2D eigenvalue weighted by molar-refractivity contribution is -0.137. The van der Waals surface area contributed by atoms with Crippen LogP contribution in [0.1, 0.15) is 38.5 Å². The highest BCUT2D eigenvalue weighted by atomic mass is 32.1. The molecule has 0 aromatic carbocycles. The highest BCUT2D eigenvalue weighted by Crippen LogP contribution is 2.04. The molecule has 0 spiro atoms. The van der Waals surface area contributed by atoms with Crippen molar-refractivity contribution in [3.05, 3.63) is 0 Å². The van der Waals surface area contributed by atoms with E-state index in [1.54, 1.807) is 0 Å². The van der Waals surface area contributed by atoms with Crippen LogP contribution in [0.2, 0.25) is 0 Å². The van der Waals surface area contributed by atoms with Crippen LogP contribution in [0.4, 0.5) is 0 Å². The monoisotopic (exact) mass is 235 g/mol. The van der Waals surface area contributed by atoms with Crippen molar-refractivity contribution in [3.8, 4) is 0 Å². The molecule has 5 heteroatoms. The number of rotatable bonds is 8. The van der Waals surface area contributed by atoms with Gasteiger partial charge in [0.1, 0.15) is 4.32 Å². The van der Waals surface area contributed by atoms with Gasteiger partial charge in [-0.1, -0.05) is 31.5 Å². The molecule has 0 saturated carbocycles. The first-order chi connectivity index (χ1) is 6.63. The SMILES string of the molecule is O=C(O)CCCCCCCNC(=S)S. The number of unbranched alkanes of at least 4 members (excludes halogenated alkanes) is 4. The van der Waals surface area contributed by atoms with Gasteiger partial charge in [0.2, 0.25) is 0 Å². The molecule has 0 fully saturated rings. The van der Waals surface area contributed by atoms with Gasteiger partial charge in [-0.25, -0.2) is 0 Å². The molecule has 0 radical (unpaired) electrons. The topological polar surface area (TPSA) is 49.3 Å². The molecule has 3 nitrogen and oxygen atoms in total. The van der Waals surface area contributed by atoms with Gasteiger partial charge in [0.25, 0.3) is 0 Å². The van der Waals surface area contributed by atoms with E-state index in [-0.39, 0.29) is 0 Å². The summed E-state index contributed by atoms with van der Waals surface area (Å²) in [6.07, 6.45) is 5.34. The predicted molar refractivity (Wildman–Crippen MR) is 64.9 cm³/mol. The molecule has 82 valence electrons. The zero-order chi connectivity index (χ0) is 10.8. The Morgan fingerprint density at radius 1 is 1.21 bits per heavy atom. The molecular weight excluding hydrogens is 218 g/mol. The van der Waals surface area contributed by atoms with Gasteiger partial charge >= 0.3 is 5.97 Å². The second-order valence-corrected chi connectivity index (χ2v) is 4.30. The third-order valence-electron chi connectivity index (χ3n) is 1.84. The Morgan fingerprint density at radius 3 is 2.36 bits per heavy atom. The van der Waals surface area contributed by atoms with Crippen molar-refractivity contribution in [1.82, 2.24) is 5.32 Å². The van der Waals surface area contributed by atoms with Crippen LogP contribution in [0, 0.1) is 0 Å². The van der Waals surface area contributed by atoms with Crippen LogP contribution in [0.15, 0.2) is 0 Å². The molecule has 0 amide bonds. The Kier molecular flexibility index (Phi) is 9.08. The summed E-state index contributed by atoms with van der Waals surface area (Å²) in [7, 11) is 0. The summed E-state index contributed by atoms with van der Waals surface area (Å²) in [6.45, 7) is 0.862. The molecule has 0 atom stereocenters. The number of carboxylic acids is 1. The third-order valence-corrected chi connectivity index (χ3v) is 2.15. The molecule has 0 heterocycles. The third kappa shape index (κ3) is 11.7. The summed E-state index contributed by atoms with van der Waals surface area (Å²) >= 11 is 8.67. The van der Waals surface area contributed by atoms with E-state index in [0.29, 0.717) is 10.7 Å². The van der Waals surface area contributed by atoms with E-state index in [0.717, 1.165) is 38.6 Å². The minimum Gasteiger partial charge on any atom is -0.481 e. The Labute approximate surface area is 95.7 Å². The van der Waals surface area contributed by atoms with Gasteiger partial charge < -0.3 is 10.4 Å². The first kappa shape index (κ1) is 13.7. The standard InChI is InChI=1S/C9H17NO2S2/c11-8(12)6-4-2-1-3-5-7-10-9(13)14/h1-7H2,(H,11,12)(H2,10,13,14). The van der Waals surface area contributed by atoms with Gasteiger partial charge in [0.05, 0.1) is 0 Å². The molecule has 0 aromatic heterocycles. The van der Waals surface area contributed by atoms with E-state index < -0.39 is 5.97 Å². The van der Waals surface area contributed by atoms with Crippen LogP contribution in [0.3, 0.4) is 0 Å². The summed E-state index contributed by atoms with van der Waals surface area (Å²) in [5.41, 5.74) is 0.